The minimum absolute atomic E-state index is 0.316. The highest BCUT2D eigenvalue weighted by Crippen LogP contribution is 2.11. The third-order valence-corrected chi connectivity index (χ3v) is 2.70. The van der Waals surface area contributed by atoms with E-state index >= 15 is 0 Å². The number of hydrogen-bond acceptors (Lipinski definition) is 3. The van der Waals surface area contributed by atoms with Gasteiger partial charge in [-0.15, -0.1) is 0 Å². The van der Waals surface area contributed by atoms with E-state index in [4.69, 9.17) is 4.52 Å². The fourth-order valence-corrected chi connectivity index (χ4v) is 1.86. The smallest absolute Gasteiger partial charge is 0.320 e. The van der Waals surface area contributed by atoms with E-state index in [-0.39, 0.29) is 6.03 Å². The van der Waals surface area contributed by atoms with Crippen molar-refractivity contribution in [1.82, 2.24) is 10.5 Å². The van der Waals surface area contributed by atoms with Crippen LogP contribution in [0.25, 0.3) is 0 Å². The molecule has 1 heterocycles. The first-order chi connectivity index (χ1) is 8.63. The number of aryl methyl sites for hydroxylation is 1. The summed E-state index contributed by atoms with van der Waals surface area (Å²) in [6.45, 7) is 2.21. The SMILES string of the molecule is Cc1cc(NC(=O)NCc2cccc(Br)c2)no1. The largest absolute Gasteiger partial charge is 0.360 e. The molecule has 1 aromatic heterocycles. The summed E-state index contributed by atoms with van der Waals surface area (Å²) in [4.78, 5) is 11.6. The number of hydrogen-bond donors (Lipinski definition) is 2. The molecule has 0 saturated carbocycles. The van der Waals surface area contributed by atoms with Crippen molar-refractivity contribution >= 4 is 27.8 Å². The van der Waals surface area contributed by atoms with Crippen molar-refractivity contribution < 1.29 is 9.32 Å². The number of aromatic nitrogens is 1. The van der Waals surface area contributed by atoms with E-state index in [1.54, 1.807) is 13.0 Å². The van der Waals surface area contributed by atoms with Gasteiger partial charge in [-0.05, 0) is 24.6 Å². The second kappa shape index (κ2) is 5.68. The second-order valence-electron chi connectivity index (χ2n) is 3.76. The van der Waals surface area contributed by atoms with Crippen LogP contribution in [0.15, 0.2) is 39.3 Å². The van der Waals surface area contributed by atoms with Crippen LogP contribution in [-0.4, -0.2) is 11.2 Å². The number of halogens is 1. The quantitative estimate of drug-likeness (QED) is 0.915. The summed E-state index contributed by atoms with van der Waals surface area (Å²) in [5.41, 5.74) is 1.01. The molecule has 0 saturated heterocycles. The summed E-state index contributed by atoms with van der Waals surface area (Å²) in [5, 5.41) is 8.98. The highest BCUT2D eigenvalue weighted by molar-refractivity contribution is 9.10. The molecule has 18 heavy (non-hydrogen) atoms. The lowest BCUT2D eigenvalue weighted by atomic mass is 10.2. The number of urea groups is 1. The predicted molar refractivity (Wildman–Crippen MR) is 71.2 cm³/mol. The van der Waals surface area contributed by atoms with Gasteiger partial charge in [0.15, 0.2) is 5.82 Å². The van der Waals surface area contributed by atoms with Crippen molar-refractivity contribution in [3.8, 4) is 0 Å². The van der Waals surface area contributed by atoms with Gasteiger partial charge in [-0.25, -0.2) is 4.79 Å². The molecule has 6 heteroatoms. The van der Waals surface area contributed by atoms with Crippen LogP contribution in [0.2, 0.25) is 0 Å². The molecule has 0 atom stereocenters. The molecular weight excluding hydrogens is 298 g/mol. The molecule has 2 amide bonds. The molecule has 0 radical (unpaired) electrons. The van der Waals surface area contributed by atoms with Gasteiger partial charge in [-0.1, -0.05) is 33.2 Å². The van der Waals surface area contributed by atoms with Crippen molar-refractivity contribution in [2.75, 3.05) is 5.32 Å². The topological polar surface area (TPSA) is 67.2 Å². The van der Waals surface area contributed by atoms with Crippen molar-refractivity contribution in [2.24, 2.45) is 0 Å². The Morgan fingerprint density at radius 1 is 1.44 bits per heavy atom. The molecule has 2 rings (SSSR count). The Hall–Kier alpha value is -1.82. The standard InChI is InChI=1S/C12H12BrN3O2/c1-8-5-11(16-18-8)15-12(17)14-7-9-3-2-4-10(13)6-9/h2-6H,7H2,1H3,(H2,14,15,16,17). The molecule has 0 aliphatic rings. The van der Waals surface area contributed by atoms with E-state index < -0.39 is 0 Å². The van der Waals surface area contributed by atoms with Gasteiger partial charge in [-0.3, -0.25) is 5.32 Å². The summed E-state index contributed by atoms with van der Waals surface area (Å²) < 4.78 is 5.83. The van der Waals surface area contributed by atoms with Gasteiger partial charge >= 0.3 is 6.03 Å². The molecule has 0 spiro atoms. The zero-order valence-corrected chi connectivity index (χ0v) is 11.3. The van der Waals surface area contributed by atoms with Gasteiger partial charge < -0.3 is 9.84 Å². The molecule has 2 N–H and O–H groups in total. The maximum Gasteiger partial charge on any atom is 0.320 e. The number of nitrogens with one attached hydrogen (secondary N) is 2. The first-order valence-electron chi connectivity index (χ1n) is 5.36. The van der Waals surface area contributed by atoms with Crippen LogP contribution in [0.4, 0.5) is 10.6 Å². The Bertz CT molecular complexity index is 554. The molecular formula is C12H12BrN3O2. The highest BCUT2D eigenvalue weighted by atomic mass is 79.9. The minimum atomic E-state index is -0.316. The Labute approximate surface area is 113 Å². The zero-order chi connectivity index (χ0) is 13.0. The summed E-state index contributed by atoms with van der Waals surface area (Å²) in [5.74, 6) is 1.05. The number of carbonyl (C=O) groups excluding carboxylic acids is 1. The Morgan fingerprint density at radius 3 is 2.94 bits per heavy atom. The molecule has 1 aromatic carbocycles. The van der Waals surface area contributed by atoms with Crippen LogP contribution in [0.5, 0.6) is 0 Å². The van der Waals surface area contributed by atoms with Gasteiger partial charge in [-0.2, -0.15) is 0 Å². The van der Waals surface area contributed by atoms with E-state index in [0.29, 0.717) is 18.1 Å². The summed E-state index contributed by atoms with van der Waals surface area (Å²) >= 11 is 3.37. The fraction of sp³-hybridized carbons (Fsp3) is 0.167. The number of nitrogens with zero attached hydrogens (tertiary/aromatic N) is 1. The average molecular weight is 310 g/mol. The fourth-order valence-electron chi connectivity index (χ4n) is 1.42. The lowest BCUT2D eigenvalue weighted by Crippen LogP contribution is -2.28. The predicted octanol–water partition coefficient (Wildman–Crippen LogP) is 3.07. The summed E-state index contributed by atoms with van der Waals surface area (Å²) in [6.07, 6.45) is 0. The van der Waals surface area contributed by atoms with Crippen molar-refractivity contribution in [1.29, 1.82) is 0 Å². The Balaban J connectivity index is 1.85. The third-order valence-electron chi connectivity index (χ3n) is 2.21. The van der Waals surface area contributed by atoms with E-state index in [0.717, 1.165) is 10.0 Å². The monoisotopic (exact) mass is 309 g/mol. The Morgan fingerprint density at radius 2 is 2.28 bits per heavy atom. The molecule has 5 nitrogen and oxygen atoms in total. The number of anilines is 1. The highest BCUT2D eigenvalue weighted by Gasteiger charge is 2.05. The molecule has 0 fully saturated rings. The molecule has 94 valence electrons. The molecule has 0 unspecified atom stereocenters. The molecule has 0 bridgehead atoms. The zero-order valence-electron chi connectivity index (χ0n) is 9.74. The van der Waals surface area contributed by atoms with Crippen LogP contribution in [-0.2, 0) is 6.54 Å². The van der Waals surface area contributed by atoms with Crippen LogP contribution >= 0.6 is 15.9 Å². The van der Waals surface area contributed by atoms with Gasteiger partial charge in [0.1, 0.15) is 5.76 Å². The third kappa shape index (κ3) is 3.59. The second-order valence-corrected chi connectivity index (χ2v) is 4.68. The number of carbonyl (C=O) groups is 1. The summed E-state index contributed by atoms with van der Waals surface area (Å²) in [7, 11) is 0. The molecule has 0 aliphatic heterocycles. The first kappa shape index (κ1) is 12.6. The lowest BCUT2D eigenvalue weighted by molar-refractivity contribution is 0.251. The van der Waals surface area contributed by atoms with Gasteiger partial charge in [0, 0.05) is 17.1 Å². The number of benzene rings is 1. The van der Waals surface area contributed by atoms with E-state index in [9.17, 15) is 4.79 Å². The van der Waals surface area contributed by atoms with Crippen molar-refractivity contribution in [3.05, 3.63) is 46.1 Å². The van der Waals surface area contributed by atoms with E-state index in [1.165, 1.54) is 0 Å². The maximum absolute atomic E-state index is 11.6. The Kier molecular flexibility index (Phi) is 3.99. The van der Waals surface area contributed by atoms with Crippen LogP contribution < -0.4 is 10.6 Å². The van der Waals surface area contributed by atoms with Crippen molar-refractivity contribution in [2.45, 2.75) is 13.5 Å². The average Bonchev–Trinajstić information content (AvgIpc) is 2.72. The molecule has 2 aromatic rings. The normalized spacial score (nSPS) is 10.1. The van der Waals surface area contributed by atoms with Crippen LogP contribution in [0, 0.1) is 6.92 Å². The number of amides is 2. The molecule has 0 aliphatic carbocycles. The number of rotatable bonds is 3. The summed E-state index contributed by atoms with van der Waals surface area (Å²) in [6, 6.07) is 9.06. The maximum atomic E-state index is 11.6. The van der Waals surface area contributed by atoms with Crippen LogP contribution in [0.1, 0.15) is 11.3 Å². The van der Waals surface area contributed by atoms with Crippen molar-refractivity contribution in [3.63, 3.8) is 0 Å². The van der Waals surface area contributed by atoms with Gasteiger partial charge in [0.25, 0.3) is 0 Å². The first-order valence-corrected chi connectivity index (χ1v) is 6.15. The van der Waals surface area contributed by atoms with E-state index in [2.05, 4.69) is 31.7 Å². The minimum Gasteiger partial charge on any atom is -0.360 e. The van der Waals surface area contributed by atoms with Crippen LogP contribution in [0.3, 0.4) is 0 Å². The van der Waals surface area contributed by atoms with Gasteiger partial charge in [0.05, 0.1) is 0 Å². The lowest BCUT2D eigenvalue weighted by Gasteiger charge is -2.05. The van der Waals surface area contributed by atoms with Gasteiger partial charge in [0.2, 0.25) is 0 Å². The van der Waals surface area contributed by atoms with E-state index in [1.807, 2.05) is 24.3 Å².